The highest BCUT2D eigenvalue weighted by molar-refractivity contribution is 6.03. The van der Waals surface area contributed by atoms with Crippen LogP contribution in [0.15, 0.2) is 84.0 Å². The van der Waals surface area contributed by atoms with Crippen molar-refractivity contribution in [1.29, 1.82) is 0 Å². The molecule has 0 radical (unpaired) electrons. The van der Waals surface area contributed by atoms with E-state index in [0.29, 0.717) is 42.2 Å². The van der Waals surface area contributed by atoms with Gasteiger partial charge in [-0.25, -0.2) is 28.5 Å². The third kappa shape index (κ3) is 8.29. The quantitative estimate of drug-likeness (QED) is 0.164. The van der Waals surface area contributed by atoms with Crippen LogP contribution in [0.5, 0.6) is 11.5 Å². The fourth-order valence-electron chi connectivity index (χ4n) is 9.02. The molecule has 9 rings (SSSR count). The molecule has 4 aliphatic heterocycles. The number of likely N-dealkylation sites (tertiary alicyclic amines) is 2. The molecule has 4 N–H and O–H groups in total. The normalized spacial score (nSPS) is 21.6. The van der Waals surface area contributed by atoms with Gasteiger partial charge in [-0.15, -0.1) is 0 Å². The van der Waals surface area contributed by atoms with E-state index in [1.165, 1.54) is 10.9 Å². The molecule has 3 amide bonds. The minimum atomic E-state index is -3.20. The Balaban J connectivity index is 0.758. The summed E-state index contributed by atoms with van der Waals surface area (Å²) in [6.07, 6.45) is 6.20. The Morgan fingerprint density at radius 1 is 0.885 bits per heavy atom. The standard InChI is InChI=1S/C43H47F2N11O5/c44-43(45)25-52(19-17-35(43)56-39-37(38(46)48-26-49-39)55(42(56)60)28-6-9-32(10-7-28)61-31-4-2-1-3-5-31)18-14-27-15-20-53(21-16-27)30-23-54(24-30)29-8-11-33(47-22-29)40(58)50-34-12-13-36(57)51-41(34)59/h1-11,22,26-27,30,34-35H,12-21,23-25H2,(H,50,58)(H2,46,48,49)(H,51,57,59)/t34-,35-/m1/s1. The number of ether oxygens (including phenoxy) is 1. The second kappa shape index (κ2) is 16.6. The number of nitrogens with one attached hydrogen (secondary N) is 2. The summed E-state index contributed by atoms with van der Waals surface area (Å²) < 4.78 is 40.7. The number of benzene rings is 2. The van der Waals surface area contributed by atoms with Crippen LogP contribution in [0.2, 0.25) is 0 Å². The van der Waals surface area contributed by atoms with Crippen molar-refractivity contribution in [1.82, 2.24) is 44.5 Å². The molecule has 3 aromatic heterocycles. The fourth-order valence-corrected chi connectivity index (χ4v) is 9.02. The number of nitrogens with zero attached hydrogens (tertiary/aromatic N) is 8. The summed E-state index contributed by atoms with van der Waals surface area (Å²) in [5, 5.41) is 4.89. The first kappa shape index (κ1) is 40.2. The summed E-state index contributed by atoms with van der Waals surface area (Å²) >= 11 is 0. The second-order valence-corrected chi connectivity index (χ2v) is 16.4. The Labute approximate surface area is 349 Å². The van der Waals surface area contributed by atoms with Crippen molar-refractivity contribution in [3.05, 3.63) is 95.4 Å². The zero-order valence-corrected chi connectivity index (χ0v) is 33.5. The van der Waals surface area contributed by atoms with E-state index in [0.717, 1.165) is 55.7 Å². The van der Waals surface area contributed by atoms with E-state index in [-0.39, 0.29) is 47.8 Å². The highest BCUT2D eigenvalue weighted by Crippen LogP contribution is 2.39. The van der Waals surface area contributed by atoms with E-state index in [2.05, 4.69) is 35.4 Å². The number of imidazole rings is 1. The van der Waals surface area contributed by atoms with Gasteiger partial charge < -0.3 is 20.7 Å². The lowest BCUT2D eigenvalue weighted by atomic mass is 9.91. The van der Waals surface area contributed by atoms with Crippen LogP contribution in [-0.2, 0) is 9.59 Å². The molecule has 0 bridgehead atoms. The lowest BCUT2D eigenvalue weighted by Gasteiger charge is -2.48. The fraction of sp³-hybridized carbons (Fsp3) is 0.419. The lowest BCUT2D eigenvalue weighted by molar-refractivity contribution is -0.134. The number of carbonyl (C=O) groups excluding carboxylic acids is 3. The molecule has 2 atom stereocenters. The van der Waals surface area contributed by atoms with Crippen LogP contribution in [0.4, 0.5) is 20.3 Å². The molecule has 0 saturated carbocycles. The number of amides is 3. The Kier molecular flexibility index (Phi) is 11.0. The molecule has 18 heteroatoms. The van der Waals surface area contributed by atoms with Gasteiger partial charge in [-0.2, -0.15) is 0 Å². The number of halogens is 2. The first-order chi connectivity index (χ1) is 29.5. The Bertz CT molecular complexity index is 2470. The number of nitrogens with two attached hydrogens (primary N) is 1. The van der Waals surface area contributed by atoms with Crippen LogP contribution in [0.1, 0.15) is 55.1 Å². The number of alkyl halides is 2. The van der Waals surface area contributed by atoms with E-state index < -0.39 is 42.1 Å². The van der Waals surface area contributed by atoms with Gasteiger partial charge in [-0.1, -0.05) is 18.2 Å². The van der Waals surface area contributed by atoms with Gasteiger partial charge in [0.1, 0.15) is 41.1 Å². The lowest BCUT2D eigenvalue weighted by Crippen LogP contribution is -2.61. The van der Waals surface area contributed by atoms with Gasteiger partial charge in [0, 0.05) is 32.1 Å². The average molecular weight is 836 g/mol. The highest BCUT2D eigenvalue weighted by Gasteiger charge is 2.48. The predicted molar refractivity (Wildman–Crippen MR) is 222 cm³/mol. The van der Waals surface area contributed by atoms with E-state index in [1.54, 1.807) is 36.5 Å². The number of carbonyl (C=O) groups is 3. The van der Waals surface area contributed by atoms with Gasteiger partial charge in [0.05, 0.1) is 24.1 Å². The van der Waals surface area contributed by atoms with E-state index >= 15 is 8.78 Å². The Morgan fingerprint density at radius 2 is 1.62 bits per heavy atom. The van der Waals surface area contributed by atoms with Crippen LogP contribution in [0.3, 0.4) is 0 Å². The zero-order valence-electron chi connectivity index (χ0n) is 33.5. The predicted octanol–water partition coefficient (Wildman–Crippen LogP) is 3.76. The van der Waals surface area contributed by atoms with Crippen molar-refractivity contribution in [2.75, 3.05) is 56.4 Å². The third-order valence-corrected chi connectivity index (χ3v) is 12.5. The molecule has 61 heavy (non-hydrogen) atoms. The van der Waals surface area contributed by atoms with E-state index in [9.17, 15) is 19.2 Å². The first-order valence-electron chi connectivity index (χ1n) is 20.8. The van der Waals surface area contributed by atoms with Crippen molar-refractivity contribution in [3.63, 3.8) is 0 Å². The molecule has 4 aliphatic rings. The maximum absolute atomic E-state index is 16.2. The molecular formula is C43H47F2N11O5. The number of nitrogen functional groups attached to an aromatic ring is 1. The smallest absolute Gasteiger partial charge is 0.335 e. The largest absolute Gasteiger partial charge is 0.457 e. The van der Waals surface area contributed by atoms with Crippen molar-refractivity contribution >= 4 is 40.4 Å². The maximum Gasteiger partial charge on any atom is 0.335 e. The van der Waals surface area contributed by atoms with Gasteiger partial charge in [0.15, 0.2) is 11.5 Å². The number of aromatic nitrogens is 5. The van der Waals surface area contributed by atoms with Crippen molar-refractivity contribution < 1.29 is 27.9 Å². The number of piperidine rings is 3. The number of rotatable bonds is 11. The van der Waals surface area contributed by atoms with Crippen molar-refractivity contribution in [2.24, 2.45) is 5.92 Å². The topological polar surface area (TPSA) is 186 Å². The van der Waals surface area contributed by atoms with Gasteiger partial charge in [0.25, 0.3) is 11.8 Å². The summed E-state index contributed by atoms with van der Waals surface area (Å²) in [7, 11) is 0. The van der Waals surface area contributed by atoms with Gasteiger partial charge >= 0.3 is 5.69 Å². The average Bonchev–Trinajstić information content (AvgIpc) is 3.53. The van der Waals surface area contributed by atoms with Crippen LogP contribution >= 0.6 is 0 Å². The number of imide groups is 1. The summed E-state index contributed by atoms with van der Waals surface area (Å²) in [6.45, 7) is 4.09. The SMILES string of the molecule is Nc1ncnc2c1n(-c1ccc(Oc3ccccc3)cc1)c(=O)n2[C@@H]1CCN(CCC2CCN(C3CN(c4ccc(C(=O)N[C@@H]5CCC(=O)NC5=O)nc4)C3)CC2)CC1(F)F. The number of hydrogen-bond acceptors (Lipinski definition) is 12. The molecule has 0 unspecified atom stereocenters. The molecule has 0 aliphatic carbocycles. The number of para-hydroxylation sites is 1. The van der Waals surface area contributed by atoms with Crippen molar-refractivity contribution in [3.8, 4) is 17.2 Å². The molecule has 318 valence electrons. The molecule has 5 aromatic rings. The van der Waals surface area contributed by atoms with Gasteiger partial charge in [-0.05, 0) is 106 Å². The number of anilines is 2. The summed E-state index contributed by atoms with van der Waals surface area (Å²) in [6, 6.07) is 17.8. The first-order valence-corrected chi connectivity index (χ1v) is 20.8. The highest BCUT2D eigenvalue weighted by atomic mass is 19.3. The number of fused-ring (bicyclic) bond motifs is 1. The molecule has 16 nitrogen and oxygen atoms in total. The summed E-state index contributed by atoms with van der Waals surface area (Å²) in [5.74, 6) is -2.86. The Morgan fingerprint density at radius 3 is 2.33 bits per heavy atom. The maximum atomic E-state index is 16.2. The minimum absolute atomic E-state index is 0.0209. The zero-order chi connectivity index (χ0) is 42.3. The monoisotopic (exact) mass is 835 g/mol. The summed E-state index contributed by atoms with van der Waals surface area (Å²) in [5.41, 5.74) is 7.42. The van der Waals surface area contributed by atoms with Crippen LogP contribution in [0.25, 0.3) is 16.9 Å². The van der Waals surface area contributed by atoms with E-state index in [4.69, 9.17) is 10.5 Å². The van der Waals surface area contributed by atoms with Gasteiger partial charge in [-0.3, -0.25) is 38.6 Å². The molecule has 7 heterocycles. The van der Waals surface area contributed by atoms with Gasteiger partial charge in [0.2, 0.25) is 11.8 Å². The molecule has 4 saturated heterocycles. The summed E-state index contributed by atoms with van der Waals surface area (Å²) in [4.78, 5) is 69.4. The number of hydrogen-bond donors (Lipinski definition) is 3. The number of pyridine rings is 1. The Hall–Kier alpha value is -6.27. The van der Waals surface area contributed by atoms with E-state index in [1.807, 2.05) is 41.3 Å². The molecular weight excluding hydrogens is 789 g/mol. The minimum Gasteiger partial charge on any atom is -0.457 e. The van der Waals surface area contributed by atoms with Crippen LogP contribution < -0.4 is 31.7 Å². The van der Waals surface area contributed by atoms with Crippen LogP contribution in [-0.4, -0.2) is 115 Å². The van der Waals surface area contributed by atoms with Crippen LogP contribution in [0, 0.1) is 5.92 Å². The molecule has 2 aromatic carbocycles. The van der Waals surface area contributed by atoms with Crippen molar-refractivity contribution in [2.45, 2.75) is 62.6 Å². The molecule has 0 spiro atoms. The molecule has 4 fully saturated rings. The third-order valence-electron chi connectivity index (χ3n) is 12.5. The second-order valence-electron chi connectivity index (χ2n) is 16.4.